The molecule has 3 atom stereocenters. The summed E-state index contributed by atoms with van der Waals surface area (Å²) < 4.78 is 22.6. The van der Waals surface area contributed by atoms with Gasteiger partial charge in [0.05, 0.1) is 5.75 Å². The third-order valence-corrected chi connectivity index (χ3v) is 5.07. The first-order chi connectivity index (χ1) is 8.42. The number of nitrogens with one attached hydrogen (secondary N) is 1. The SMILES string of the molecule is CCCNCC1CCC(C)CC1CCS(C)(=O)=O. The molecule has 18 heavy (non-hydrogen) atoms. The summed E-state index contributed by atoms with van der Waals surface area (Å²) in [4.78, 5) is 0. The minimum Gasteiger partial charge on any atom is -0.316 e. The smallest absolute Gasteiger partial charge is 0.147 e. The topological polar surface area (TPSA) is 46.2 Å². The lowest BCUT2D eigenvalue weighted by atomic mass is 9.73. The molecule has 0 radical (unpaired) electrons. The third-order valence-electron chi connectivity index (χ3n) is 4.09. The van der Waals surface area contributed by atoms with Gasteiger partial charge < -0.3 is 5.32 Å². The maximum absolute atomic E-state index is 11.3. The van der Waals surface area contributed by atoms with E-state index in [1.165, 1.54) is 25.5 Å². The highest BCUT2D eigenvalue weighted by Gasteiger charge is 2.28. The molecule has 1 rings (SSSR count). The van der Waals surface area contributed by atoms with Crippen LogP contribution in [0.3, 0.4) is 0 Å². The van der Waals surface area contributed by atoms with Crippen LogP contribution in [0.15, 0.2) is 0 Å². The maximum Gasteiger partial charge on any atom is 0.147 e. The van der Waals surface area contributed by atoms with Gasteiger partial charge in [-0.2, -0.15) is 0 Å². The number of hydrogen-bond acceptors (Lipinski definition) is 3. The van der Waals surface area contributed by atoms with E-state index in [1.54, 1.807) is 0 Å². The van der Waals surface area contributed by atoms with Crippen molar-refractivity contribution in [3.8, 4) is 0 Å². The molecular formula is C14H29NO2S. The van der Waals surface area contributed by atoms with Crippen LogP contribution in [0.2, 0.25) is 0 Å². The molecule has 1 N–H and O–H groups in total. The first-order valence-electron chi connectivity index (χ1n) is 7.30. The second-order valence-electron chi connectivity index (χ2n) is 6.06. The Labute approximate surface area is 113 Å². The van der Waals surface area contributed by atoms with E-state index < -0.39 is 9.84 Å². The summed E-state index contributed by atoms with van der Waals surface area (Å²) in [5.41, 5.74) is 0. The largest absolute Gasteiger partial charge is 0.316 e. The van der Waals surface area contributed by atoms with Crippen LogP contribution in [-0.2, 0) is 9.84 Å². The van der Waals surface area contributed by atoms with Crippen molar-refractivity contribution >= 4 is 9.84 Å². The van der Waals surface area contributed by atoms with Crippen LogP contribution < -0.4 is 5.32 Å². The highest BCUT2D eigenvalue weighted by atomic mass is 32.2. The fraction of sp³-hybridized carbons (Fsp3) is 1.00. The van der Waals surface area contributed by atoms with Gasteiger partial charge >= 0.3 is 0 Å². The highest BCUT2D eigenvalue weighted by Crippen LogP contribution is 2.35. The first kappa shape index (κ1) is 16.0. The Morgan fingerprint density at radius 1 is 1.22 bits per heavy atom. The minimum atomic E-state index is -2.81. The van der Waals surface area contributed by atoms with E-state index in [0.29, 0.717) is 17.6 Å². The predicted molar refractivity (Wildman–Crippen MR) is 77.5 cm³/mol. The molecule has 4 heteroatoms. The molecule has 0 aromatic rings. The van der Waals surface area contributed by atoms with E-state index in [1.807, 2.05) is 0 Å². The summed E-state index contributed by atoms with van der Waals surface area (Å²) in [7, 11) is -2.81. The predicted octanol–water partition coefficient (Wildman–Crippen LogP) is 2.47. The van der Waals surface area contributed by atoms with Gasteiger partial charge in [0.1, 0.15) is 9.84 Å². The fourth-order valence-corrected chi connectivity index (χ4v) is 3.74. The lowest BCUT2D eigenvalue weighted by molar-refractivity contribution is 0.180. The molecule has 0 amide bonds. The van der Waals surface area contributed by atoms with Gasteiger partial charge in [-0.15, -0.1) is 0 Å². The average Bonchev–Trinajstić information content (AvgIpc) is 2.28. The van der Waals surface area contributed by atoms with Crippen molar-refractivity contribution in [2.24, 2.45) is 17.8 Å². The monoisotopic (exact) mass is 275 g/mol. The van der Waals surface area contributed by atoms with E-state index in [-0.39, 0.29) is 0 Å². The van der Waals surface area contributed by atoms with E-state index in [0.717, 1.165) is 31.8 Å². The van der Waals surface area contributed by atoms with Crippen molar-refractivity contribution in [2.75, 3.05) is 25.1 Å². The summed E-state index contributed by atoms with van der Waals surface area (Å²) in [6, 6.07) is 0. The van der Waals surface area contributed by atoms with E-state index in [4.69, 9.17) is 0 Å². The van der Waals surface area contributed by atoms with Crippen LogP contribution in [0, 0.1) is 17.8 Å². The highest BCUT2D eigenvalue weighted by molar-refractivity contribution is 7.90. The number of rotatable bonds is 7. The number of hydrogen-bond donors (Lipinski definition) is 1. The van der Waals surface area contributed by atoms with Gasteiger partial charge in [-0.05, 0) is 56.5 Å². The summed E-state index contributed by atoms with van der Waals surface area (Å²) in [5, 5.41) is 3.50. The molecule has 1 aliphatic rings. The molecule has 0 saturated heterocycles. The van der Waals surface area contributed by atoms with Gasteiger partial charge in [-0.25, -0.2) is 8.42 Å². The van der Waals surface area contributed by atoms with Gasteiger partial charge in [0.15, 0.2) is 0 Å². The first-order valence-corrected chi connectivity index (χ1v) is 9.37. The molecule has 3 unspecified atom stereocenters. The second kappa shape index (κ2) is 7.49. The van der Waals surface area contributed by atoms with Crippen LogP contribution >= 0.6 is 0 Å². The lowest BCUT2D eigenvalue weighted by Gasteiger charge is -2.35. The summed E-state index contributed by atoms with van der Waals surface area (Å²) >= 11 is 0. The maximum atomic E-state index is 11.3. The molecule has 0 spiro atoms. The van der Waals surface area contributed by atoms with Gasteiger partial charge in [0.2, 0.25) is 0 Å². The van der Waals surface area contributed by atoms with Crippen LogP contribution in [0.5, 0.6) is 0 Å². The zero-order chi connectivity index (χ0) is 13.6. The Morgan fingerprint density at radius 2 is 1.94 bits per heavy atom. The molecule has 3 nitrogen and oxygen atoms in total. The Balaban J connectivity index is 2.45. The van der Waals surface area contributed by atoms with Gasteiger partial charge in [-0.3, -0.25) is 0 Å². The van der Waals surface area contributed by atoms with Crippen molar-refractivity contribution in [1.82, 2.24) is 5.32 Å². The van der Waals surface area contributed by atoms with Crippen molar-refractivity contribution < 1.29 is 8.42 Å². The molecule has 0 aromatic heterocycles. The summed E-state index contributed by atoms with van der Waals surface area (Å²) in [6.45, 7) is 6.61. The summed E-state index contributed by atoms with van der Waals surface area (Å²) in [6.07, 6.45) is 7.12. The van der Waals surface area contributed by atoms with E-state index >= 15 is 0 Å². The molecule has 108 valence electrons. The molecule has 0 aromatic carbocycles. The quantitative estimate of drug-likeness (QED) is 0.726. The van der Waals surface area contributed by atoms with Gasteiger partial charge in [0, 0.05) is 6.26 Å². The summed E-state index contributed by atoms with van der Waals surface area (Å²) in [5.74, 6) is 2.38. The molecule has 1 fully saturated rings. The Hall–Kier alpha value is -0.0900. The molecule has 1 saturated carbocycles. The Morgan fingerprint density at radius 3 is 2.56 bits per heavy atom. The van der Waals surface area contributed by atoms with Crippen molar-refractivity contribution in [3.05, 3.63) is 0 Å². The standard InChI is InChI=1S/C14H29NO2S/c1-4-8-15-11-14-6-5-12(2)10-13(14)7-9-18(3,16)17/h12-15H,4-11H2,1-3H3. The minimum absolute atomic E-state index is 0.356. The van der Waals surface area contributed by atoms with Gasteiger partial charge in [0.25, 0.3) is 0 Å². The molecule has 0 heterocycles. The zero-order valence-electron chi connectivity index (χ0n) is 12.1. The van der Waals surface area contributed by atoms with Crippen LogP contribution in [0.4, 0.5) is 0 Å². The van der Waals surface area contributed by atoms with Crippen molar-refractivity contribution in [1.29, 1.82) is 0 Å². The van der Waals surface area contributed by atoms with Crippen LogP contribution in [0.25, 0.3) is 0 Å². The van der Waals surface area contributed by atoms with Crippen molar-refractivity contribution in [2.45, 2.75) is 46.0 Å². The third kappa shape index (κ3) is 6.19. The van der Waals surface area contributed by atoms with Gasteiger partial charge in [-0.1, -0.05) is 20.3 Å². The van der Waals surface area contributed by atoms with Crippen molar-refractivity contribution in [3.63, 3.8) is 0 Å². The van der Waals surface area contributed by atoms with Crippen LogP contribution in [0.1, 0.15) is 46.0 Å². The molecule has 1 aliphatic carbocycles. The normalized spacial score (nSPS) is 29.4. The lowest BCUT2D eigenvalue weighted by Crippen LogP contribution is -2.34. The molecule has 0 bridgehead atoms. The molecular weight excluding hydrogens is 246 g/mol. The second-order valence-corrected chi connectivity index (χ2v) is 8.32. The van der Waals surface area contributed by atoms with Crippen LogP contribution in [-0.4, -0.2) is 33.5 Å². The Kier molecular flexibility index (Phi) is 6.64. The average molecular weight is 275 g/mol. The molecule has 0 aliphatic heterocycles. The van der Waals surface area contributed by atoms with E-state index in [9.17, 15) is 8.42 Å². The van der Waals surface area contributed by atoms with E-state index in [2.05, 4.69) is 19.2 Å². The Bertz CT molecular complexity index is 327. The fourth-order valence-electron chi connectivity index (χ4n) is 3.01. The zero-order valence-corrected chi connectivity index (χ0v) is 12.9. The number of sulfone groups is 1.